The number of carbonyl (C=O) groups excluding carboxylic acids is 2. The third kappa shape index (κ3) is 6.32. The first-order valence-corrected chi connectivity index (χ1v) is 12.4. The zero-order chi connectivity index (χ0) is 26.7. The maximum absolute atomic E-state index is 13.5. The highest BCUT2D eigenvalue weighted by atomic mass is 35.5. The maximum Gasteiger partial charge on any atom is 0.353 e. The highest BCUT2D eigenvalue weighted by Crippen LogP contribution is 2.41. The topological polar surface area (TPSA) is 102 Å². The molecule has 3 aromatic rings. The fourth-order valence-electron chi connectivity index (χ4n) is 3.14. The summed E-state index contributed by atoms with van der Waals surface area (Å²) in [5, 5.41) is 16.0. The molecule has 190 valence electrons. The van der Waals surface area contributed by atoms with Gasteiger partial charge in [0.1, 0.15) is 0 Å². The van der Waals surface area contributed by atoms with Crippen LogP contribution in [0.4, 0.5) is 8.78 Å². The van der Waals surface area contributed by atoms with Crippen LogP contribution in [0.15, 0.2) is 48.0 Å². The molecule has 0 spiro atoms. The van der Waals surface area contributed by atoms with Gasteiger partial charge in [0.2, 0.25) is 5.91 Å². The summed E-state index contributed by atoms with van der Waals surface area (Å²) in [5.41, 5.74) is -0.684. The van der Waals surface area contributed by atoms with Crippen molar-refractivity contribution >= 4 is 59.7 Å². The summed E-state index contributed by atoms with van der Waals surface area (Å²) in [6.07, 6.45) is 2.41. The number of esters is 1. The van der Waals surface area contributed by atoms with E-state index >= 15 is 0 Å². The SMILES string of the molecule is CC(C)(C)C(=O)OC(O)(OP=O)C(C(=O)NC=Cc1ccc(F)c(F)c1)c1csc2ccc(Cl)cc12. The first-order chi connectivity index (χ1) is 16.9. The molecule has 1 aromatic heterocycles. The summed E-state index contributed by atoms with van der Waals surface area (Å²) in [7, 11) is -1.06. The van der Waals surface area contributed by atoms with Crippen molar-refractivity contribution in [1.29, 1.82) is 0 Å². The molecule has 0 saturated heterocycles. The number of hydrogen-bond donors (Lipinski definition) is 2. The Morgan fingerprint density at radius 3 is 2.53 bits per heavy atom. The Morgan fingerprint density at radius 1 is 1.17 bits per heavy atom. The second-order valence-electron chi connectivity index (χ2n) is 8.72. The number of benzene rings is 2. The number of hydrogen-bond acceptors (Lipinski definition) is 7. The van der Waals surface area contributed by atoms with Crippen molar-refractivity contribution in [2.45, 2.75) is 32.7 Å². The minimum Gasteiger partial charge on any atom is -0.406 e. The van der Waals surface area contributed by atoms with Gasteiger partial charge in [-0.05, 0) is 79.1 Å². The van der Waals surface area contributed by atoms with Crippen molar-refractivity contribution in [3.05, 3.63) is 75.8 Å². The Morgan fingerprint density at radius 2 is 1.89 bits per heavy atom. The molecule has 3 rings (SSSR count). The van der Waals surface area contributed by atoms with E-state index in [4.69, 9.17) is 20.9 Å². The lowest BCUT2D eigenvalue weighted by Crippen LogP contribution is -2.49. The third-order valence-corrected chi connectivity index (χ3v) is 6.52. The molecule has 2 N–H and O–H groups in total. The molecule has 36 heavy (non-hydrogen) atoms. The fourth-order valence-corrected chi connectivity index (χ4v) is 4.53. The van der Waals surface area contributed by atoms with Gasteiger partial charge in [0.05, 0.1) is 5.41 Å². The Bertz CT molecular complexity index is 1340. The maximum atomic E-state index is 13.5. The smallest absolute Gasteiger partial charge is 0.353 e. The number of thiophene rings is 1. The monoisotopic (exact) mass is 555 g/mol. The van der Waals surface area contributed by atoms with E-state index < -0.39 is 49.5 Å². The molecule has 7 nitrogen and oxygen atoms in total. The first-order valence-electron chi connectivity index (χ1n) is 10.4. The van der Waals surface area contributed by atoms with Crippen LogP contribution in [0.1, 0.15) is 37.8 Å². The van der Waals surface area contributed by atoms with Gasteiger partial charge in [-0.1, -0.05) is 17.7 Å². The van der Waals surface area contributed by atoms with Crippen LogP contribution in [0.25, 0.3) is 16.2 Å². The zero-order valence-corrected chi connectivity index (χ0v) is 21.7. The second-order valence-corrected chi connectivity index (χ2v) is 10.4. The Hall–Kier alpha value is -2.75. The number of halogens is 3. The summed E-state index contributed by atoms with van der Waals surface area (Å²) in [4.78, 5) is 26.0. The molecule has 0 saturated carbocycles. The van der Waals surface area contributed by atoms with E-state index in [0.29, 0.717) is 15.1 Å². The van der Waals surface area contributed by atoms with Gasteiger partial charge in [0.15, 0.2) is 17.6 Å². The molecule has 0 bridgehead atoms. The van der Waals surface area contributed by atoms with Crippen LogP contribution in [-0.4, -0.2) is 23.0 Å². The van der Waals surface area contributed by atoms with Crippen LogP contribution in [-0.2, 0) is 23.4 Å². The van der Waals surface area contributed by atoms with Crippen molar-refractivity contribution in [2.24, 2.45) is 5.41 Å². The number of nitrogens with one attached hydrogen (secondary N) is 1. The van der Waals surface area contributed by atoms with E-state index in [1.165, 1.54) is 44.3 Å². The van der Waals surface area contributed by atoms with Gasteiger partial charge < -0.3 is 15.2 Å². The van der Waals surface area contributed by atoms with E-state index in [2.05, 4.69) is 5.32 Å². The van der Waals surface area contributed by atoms with Crippen LogP contribution < -0.4 is 5.32 Å². The normalized spacial score (nSPS) is 14.6. The molecule has 1 heterocycles. The number of fused-ring (bicyclic) bond motifs is 1. The summed E-state index contributed by atoms with van der Waals surface area (Å²) < 4.78 is 48.9. The van der Waals surface area contributed by atoms with E-state index in [9.17, 15) is 28.0 Å². The largest absolute Gasteiger partial charge is 0.406 e. The molecule has 2 aromatic carbocycles. The average molecular weight is 556 g/mol. The lowest BCUT2D eigenvalue weighted by Gasteiger charge is -2.33. The van der Waals surface area contributed by atoms with Crippen LogP contribution in [0.2, 0.25) is 5.02 Å². The van der Waals surface area contributed by atoms with Crippen molar-refractivity contribution in [2.75, 3.05) is 0 Å². The van der Waals surface area contributed by atoms with E-state index in [1.807, 2.05) is 0 Å². The number of carbonyl (C=O) groups is 2. The molecule has 0 fully saturated rings. The number of ether oxygens (including phenoxy) is 1. The standard InChI is InChI=1S/C24H21ClF2NO6PS/c1-23(2,3)22(30)33-24(31,34-35-32)20(16-12-36-19-7-5-14(25)11-15(16)19)21(29)28-9-8-13-4-6-17(26)18(27)10-13/h4-12,20,31H,1-3H3,(H,28,29). The molecule has 0 aliphatic rings. The Labute approximate surface area is 216 Å². The summed E-state index contributed by atoms with van der Waals surface area (Å²) >= 11 is 7.36. The van der Waals surface area contributed by atoms with Gasteiger partial charge in [-0.3, -0.25) is 9.59 Å². The van der Waals surface area contributed by atoms with E-state index in [1.54, 1.807) is 23.6 Å². The van der Waals surface area contributed by atoms with Crippen LogP contribution in [0, 0.1) is 17.0 Å². The predicted molar refractivity (Wildman–Crippen MR) is 132 cm³/mol. The molecular formula is C24H21ClF2NO6PS. The quantitative estimate of drug-likeness (QED) is 0.196. The summed E-state index contributed by atoms with van der Waals surface area (Å²) in [6, 6.07) is 8.03. The van der Waals surface area contributed by atoms with Crippen molar-refractivity contribution in [3.8, 4) is 0 Å². The molecule has 0 aliphatic carbocycles. The Balaban J connectivity index is 2.05. The van der Waals surface area contributed by atoms with Crippen molar-refractivity contribution < 1.29 is 37.3 Å². The minimum atomic E-state index is -2.98. The second kappa shape index (κ2) is 11.1. The lowest BCUT2D eigenvalue weighted by molar-refractivity contribution is -0.310. The number of rotatable bonds is 8. The van der Waals surface area contributed by atoms with Gasteiger partial charge >= 0.3 is 20.6 Å². The molecule has 0 radical (unpaired) electrons. The molecule has 12 heteroatoms. The third-order valence-electron chi connectivity index (χ3n) is 4.97. The van der Waals surface area contributed by atoms with Gasteiger partial charge in [-0.2, -0.15) is 0 Å². The minimum absolute atomic E-state index is 0.184. The molecule has 2 unspecified atom stereocenters. The van der Waals surface area contributed by atoms with E-state index in [0.717, 1.165) is 18.3 Å². The average Bonchev–Trinajstić information content (AvgIpc) is 3.18. The van der Waals surface area contributed by atoms with Gasteiger partial charge in [-0.25, -0.2) is 17.9 Å². The van der Waals surface area contributed by atoms with Crippen LogP contribution in [0.3, 0.4) is 0 Å². The highest BCUT2D eigenvalue weighted by molar-refractivity contribution is 7.17. The molecule has 2 atom stereocenters. The predicted octanol–water partition coefficient (Wildman–Crippen LogP) is 6.16. The van der Waals surface area contributed by atoms with Gasteiger partial charge in [0.25, 0.3) is 0 Å². The molecular weight excluding hydrogens is 535 g/mol. The molecule has 0 aliphatic heterocycles. The van der Waals surface area contributed by atoms with Crippen LogP contribution >= 0.6 is 31.6 Å². The Kier molecular flexibility index (Phi) is 8.59. The molecule has 1 amide bonds. The fraction of sp³-hybridized carbons (Fsp3) is 0.250. The first kappa shape index (κ1) is 27.8. The summed E-state index contributed by atoms with van der Waals surface area (Å²) in [6.45, 7) is 4.55. The number of aliphatic hydroxyl groups is 1. The zero-order valence-electron chi connectivity index (χ0n) is 19.3. The lowest BCUT2D eigenvalue weighted by atomic mass is 9.93. The highest BCUT2D eigenvalue weighted by Gasteiger charge is 2.51. The van der Waals surface area contributed by atoms with Crippen molar-refractivity contribution in [3.63, 3.8) is 0 Å². The van der Waals surface area contributed by atoms with Gasteiger partial charge in [0, 0.05) is 15.9 Å². The van der Waals surface area contributed by atoms with E-state index in [-0.39, 0.29) is 11.1 Å². The number of amides is 1. The van der Waals surface area contributed by atoms with Crippen molar-refractivity contribution in [1.82, 2.24) is 5.32 Å². The van der Waals surface area contributed by atoms with Crippen LogP contribution in [0.5, 0.6) is 0 Å². The van der Waals surface area contributed by atoms with Gasteiger partial charge in [-0.15, -0.1) is 11.3 Å². The summed E-state index contributed by atoms with van der Waals surface area (Å²) in [5.74, 6) is -8.66.